The predicted molar refractivity (Wildman–Crippen MR) is 107 cm³/mol. The second kappa shape index (κ2) is 5.99. The van der Waals surface area contributed by atoms with E-state index in [-0.39, 0.29) is 5.82 Å². The van der Waals surface area contributed by atoms with Crippen LogP contribution >= 0.6 is 0 Å². The SMILES string of the molecule is Cc1ccccc1-n1c(C)c(C)c2c1ncn1nc(-c3ccc(F)cc3)nc21. The van der Waals surface area contributed by atoms with Gasteiger partial charge in [0.15, 0.2) is 17.1 Å². The zero-order valence-corrected chi connectivity index (χ0v) is 15.8. The Morgan fingerprint density at radius 3 is 2.39 bits per heavy atom. The van der Waals surface area contributed by atoms with Gasteiger partial charge in [0.05, 0.1) is 11.1 Å². The maximum Gasteiger partial charge on any atom is 0.182 e. The second-order valence-corrected chi connectivity index (χ2v) is 6.99. The highest BCUT2D eigenvalue weighted by Gasteiger charge is 2.19. The summed E-state index contributed by atoms with van der Waals surface area (Å²) in [4.78, 5) is 9.44. The molecule has 6 heteroatoms. The number of fused-ring (bicyclic) bond motifs is 3. The topological polar surface area (TPSA) is 48.0 Å². The lowest BCUT2D eigenvalue weighted by atomic mass is 10.2. The van der Waals surface area contributed by atoms with Crippen LogP contribution in [0.2, 0.25) is 0 Å². The number of hydrogen-bond donors (Lipinski definition) is 0. The van der Waals surface area contributed by atoms with Gasteiger partial charge < -0.3 is 0 Å². The van der Waals surface area contributed by atoms with E-state index < -0.39 is 0 Å². The van der Waals surface area contributed by atoms with E-state index in [9.17, 15) is 4.39 Å². The smallest absolute Gasteiger partial charge is 0.182 e. The minimum absolute atomic E-state index is 0.279. The van der Waals surface area contributed by atoms with E-state index in [2.05, 4.69) is 42.6 Å². The highest BCUT2D eigenvalue weighted by molar-refractivity contribution is 5.95. The zero-order valence-electron chi connectivity index (χ0n) is 15.8. The van der Waals surface area contributed by atoms with Crippen LogP contribution in [0.3, 0.4) is 0 Å². The summed E-state index contributed by atoms with van der Waals surface area (Å²) in [7, 11) is 0. The van der Waals surface area contributed by atoms with Gasteiger partial charge in [-0.05, 0) is 62.2 Å². The number of para-hydroxylation sites is 1. The molecule has 0 saturated carbocycles. The summed E-state index contributed by atoms with van der Waals surface area (Å²) in [5.41, 5.74) is 6.90. The third-order valence-corrected chi connectivity index (χ3v) is 5.29. The normalized spacial score (nSPS) is 11.6. The number of halogens is 1. The minimum Gasteiger partial charge on any atom is -0.298 e. The van der Waals surface area contributed by atoms with Crippen molar-refractivity contribution in [3.8, 4) is 17.1 Å². The van der Waals surface area contributed by atoms with Crippen LogP contribution in [-0.2, 0) is 0 Å². The molecular weight excluding hydrogens is 353 g/mol. The van der Waals surface area contributed by atoms with E-state index in [4.69, 9.17) is 9.97 Å². The Bertz CT molecular complexity index is 1350. The van der Waals surface area contributed by atoms with Gasteiger partial charge in [0.2, 0.25) is 0 Å². The summed E-state index contributed by atoms with van der Waals surface area (Å²) in [5.74, 6) is 0.272. The third kappa shape index (κ3) is 2.34. The lowest BCUT2D eigenvalue weighted by Crippen LogP contribution is -2.01. The molecule has 28 heavy (non-hydrogen) atoms. The van der Waals surface area contributed by atoms with Crippen molar-refractivity contribution in [2.24, 2.45) is 0 Å². The summed E-state index contributed by atoms with van der Waals surface area (Å²) >= 11 is 0. The summed E-state index contributed by atoms with van der Waals surface area (Å²) in [6.45, 7) is 6.27. The van der Waals surface area contributed by atoms with Crippen molar-refractivity contribution >= 4 is 16.7 Å². The highest BCUT2D eigenvalue weighted by atomic mass is 19.1. The first-order valence-electron chi connectivity index (χ1n) is 9.09. The Balaban J connectivity index is 1.80. The fraction of sp³-hybridized carbons (Fsp3) is 0.136. The molecule has 0 aliphatic carbocycles. The lowest BCUT2D eigenvalue weighted by Gasteiger charge is -2.10. The highest BCUT2D eigenvalue weighted by Crippen LogP contribution is 2.31. The predicted octanol–water partition coefficient (Wildman–Crippen LogP) is 4.80. The van der Waals surface area contributed by atoms with Crippen molar-refractivity contribution < 1.29 is 4.39 Å². The molecule has 0 atom stereocenters. The van der Waals surface area contributed by atoms with E-state index in [1.54, 1.807) is 23.0 Å². The molecule has 0 saturated heterocycles. The molecule has 0 aliphatic heterocycles. The van der Waals surface area contributed by atoms with Crippen molar-refractivity contribution in [3.05, 3.63) is 77.5 Å². The van der Waals surface area contributed by atoms with Gasteiger partial charge in [0.1, 0.15) is 12.1 Å². The summed E-state index contributed by atoms with van der Waals surface area (Å²) in [6.07, 6.45) is 1.69. The van der Waals surface area contributed by atoms with Crippen LogP contribution in [0.25, 0.3) is 33.8 Å². The molecule has 3 aromatic heterocycles. The molecule has 5 aromatic rings. The molecule has 3 heterocycles. The van der Waals surface area contributed by atoms with Crippen molar-refractivity contribution in [1.29, 1.82) is 0 Å². The van der Waals surface area contributed by atoms with E-state index in [0.717, 1.165) is 39.2 Å². The standard InChI is InChI=1S/C22H18FN5/c1-13-6-4-5-7-18(13)28-15(3)14(2)19-21(28)24-12-27-22(19)25-20(26-27)16-8-10-17(23)11-9-16/h4-12H,1-3H3. The van der Waals surface area contributed by atoms with E-state index >= 15 is 0 Å². The first kappa shape index (κ1) is 16.6. The Kier molecular flexibility index (Phi) is 3.55. The van der Waals surface area contributed by atoms with Gasteiger partial charge in [0, 0.05) is 11.3 Å². The van der Waals surface area contributed by atoms with Crippen LogP contribution < -0.4 is 0 Å². The number of aryl methyl sites for hydroxylation is 2. The molecule has 0 unspecified atom stereocenters. The first-order valence-corrected chi connectivity index (χ1v) is 9.09. The Hall–Kier alpha value is -3.54. The van der Waals surface area contributed by atoms with Gasteiger partial charge in [-0.15, -0.1) is 5.10 Å². The van der Waals surface area contributed by atoms with Crippen LogP contribution in [-0.4, -0.2) is 24.1 Å². The summed E-state index contributed by atoms with van der Waals surface area (Å²) in [6, 6.07) is 14.5. The van der Waals surface area contributed by atoms with Gasteiger partial charge in [0.25, 0.3) is 0 Å². The van der Waals surface area contributed by atoms with Crippen molar-refractivity contribution in [1.82, 2.24) is 24.1 Å². The maximum atomic E-state index is 13.3. The van der Waals surface area contributed by atoms with Crippen LogP contribution in [0, 0.1) is 26.6 Å². The monoisotopic (exact) mass is 371 g/mol. The molecule has 5 nitrogen and oxygen atoms in total. The van der Waals surface area contributed by atoms with Crippen LogP contribution in [0.1, 0.15) is 16.8 Å². The number of aromatic nitrogens is 5. The minimum atomic E-state index is -0.279. The zero-order chi connectivity index (χ0) is 19.4. The average Bonchev–Trinajstić information content (AvgIpc) is 3.23. The van der Waals surface area contributed by atoms with Crippen molar-refractivity contribution in [2.75, 3.05) is 0 Å². The molecule has 0 radical (unpaired) electrons. The number of rotatable bonds is 2. The molecule has 0 N–H and O–H groups in total. The average molecular weight is 371 g/mol. The van der Waals surface area contributed by atoms with Crippen molar-refractivity contribution in [3.63, 3.8) is 0 Å². The molecule has 2 aromatic carbocycles. The van der Waals surface area contributed by atoms with E-state index in [1.165, 1.54) is 17.7 Å². The van der Waals surface area contributed by atoms with Crippen molar-refractivity contribution in [2.45, 2.75) is 20.8 Å². The Labute approximate surface area is 161 Å². The number of hydrogen-bond acceptors (Lipinski definition) is 3. The van der Waals surface area contributed by atoms with Gasteiger partial charge >= 0.3 is 0 Å². The quantitative estimate of drug-likeness (QED) is 0.448. The second-order valence-electron chi connectivity index (χ2n) is 6.99. The fourth-order valence-corrected chi connectivity index (χ4v) is 3.69. The molecule has 5 rings (SSSR count). The van der Waals surface area contributed by atoms with Crippen LogP contribution in [0.4, 0.5) is 4.39 Å². The molecule has 0 bridgehead atoms. The Morgan fingerprint density at radius 1 is 0.893 bits per heavy atom. The number of benzene rings is 2. The maximum absolute atomic E-state index is 13.3. The van der Waals surface area contributed by atoms with E-state index in [0.29, 0.717) is 5.82 Å². The van der Waals surface area contributed by atoms with E-state index in [1.807, 2.05) is 12.1 Å². The number of nitrogens with zero attached hydrogens (tertiary/aromatic N) is 5. The third-order valence-electron chi connectivity index (χ3n) is 5.29. The van der Waals surface area contributed by atoms with Crippen LogP contribution in [0.5, 0.6) is 0 Å². The summed E-state index contributed by atoms with van der Waals surface area (Å²) in [5, 5.41) is 5.52. The lowest BCUT2D eigenvalue weighted by molar-refractivity contribution is 0.628. The first-order chi connectivity index (χ1) is 13.5. The Morgan fingerprint density at radius 2 is 1.64 bits per heavy atom. The molecule has 138 valence electrons. The van der Waals surface area contributed by atoms with Gasteiger partial charge in [-0.2, -0.15) is 0 Å². The largest absolute Gasteiger partial charge is 0.298 e. The van der Waals surface area contributed by atoms with Crippen LogP contribution in [0.15, 0.2) is 54.9 Å². The fourth-order valence-electron chi connectivity index (χ4n) is 3.69. The molecule has 0 amide bonds. The molecule has 0 fully saturated rings. The molecule has 0 aliphatic rings. The van der Waals surface area contributed by atoms with Gasteiger partial charge in [-0.3, -0.25) is 4.57 Å². The molecule has 0 spiro atoms. The molecular formula is C22H18FN5. The summed E-state index contributed by atoms with van der Waals surface area (Å²) < 4.78 is 17.1. The van der Waals surface area contributed by atoms with Gasteiger partial charge in [-0.25, -0.2) is 18.9 Å². The van der Waals surface area contributed by atoms with Gasteiger partial charge in [-0.1, -0.05) is 18.2 Å².